The zero-order chi connectivity index (χ0) is 20.6. The maximum atomic E-state index is 14.0. The van der Waals surface area contributed by atoms with E-state index in [2.05, 4.69) is 10.3 Å². The van der Waals surface area contributed by atoms with Crippen LogP contribution in [0.15, 0.2) is 54.6 Å². The van der Waals surface area contributed by atoms with Crippen LogP contribution in [0.2, 0.25) is 0 Å². The lowest BCUT2D eigenvalue weighted by molar-refractivity contribution is -0.215. The van der Waals surface area contributed by atoms with Crippen LogP contribution in [0, 0.1) is 12.3 Å². The van der Waals surface area contributed by atoms with Gasteiger partial charge < -0.3 is 10.3 Å². The molecule has 3 aromatic rings. The van der Waals surface area contributed by atoms with Gasteiger partial charge in [-0.2, -0.15) is 13.2 Å². The molecule has 1 aliphatic heterocycles. The first-order valence-electron chi connectivity index (χ1n) is 9.51. The Labute approximate surface area is 166 Å². The molecule has 29 heavy (non-hydrogen) atoms. The van der Waals surface area contributed by atoms with Crippen LogP contribution in [0.5, 0.6) is 0 Å². The first-order chi connectivity index (χ1) is 13.8. The van der Waals surface area contributed by atoms with E-state index in [9.17, 15) is 18.0 Å². The van der Waals surface area contributed by atoms with Gasteiger partial charge in [0.15, 0.2) is 5.41 Å². The number of rotatable bonds is 4. The Kier molecular flexibility index (Phi) is 4.86. The minimum atomic E-state index is -4.63. The predicted octanol–water partition coefficient (Wildman–Crippen LogP) is 4.87. The second-order valence-electron chi connectivity index (χ2n) is 7.73. The SMILES string of the molecule is Cc1cc2cc(NC(=O)[C@]3(C(F)(F)F)CCN(Cc4ccccc4)C3)ccc2[nH]1. The van der Waals surface area contributed by atoms with Gasteiger partial charge in [0.25, 0.3) is 0 Å². The molecule has 2 heterocycles. The normalized spacial score (nSPS) is 20.3. The molecule has 1 aliphatic rings. The van der Waals surface area contributed by atoms with Crippen LogP contribution in [-0.4, -0.2) is 35.1 Å². The maximum absolute atomic E-state index is 14.0. The molecule has 0 spiro atoms. The van der Waals surface area contributed by atoms with Gasteiger partial charge in [0, 0.05) is 35.4 Å². The first kappa shape index (κ1) is 19.5. The second kappa shape index (κ2) is 7.22. The lowest BCUT2D eigenvalue weighted by Crippen LogP contribution is -2.49. The van der Waals surface area contributed by atoms with Crippen LogP contribution in [0.4, 0.5) is 18.9 Å². The molecule has 0 saturated carbocycles. The topological polar surface area (TPSA) is 48.1 Å². The lowest BCUT2D eigenvalue weighted by atomic mass is 9.85. The quantitative estimate of drug-likeness (QED) is 0.655. The van der Waals surface area contributed by atoms with Crippen LogP contribution in [0.1, 0.15) is 17.7 Å². The second-order valence-corrected chi connectivity index (χ2v) is 7.73. The van der Waals surface area contributed by atoms with E-state index in [1.807, 2.05) is 43.3 Å². The summed E-state index contributed by atoms with van der Waals surface area (Å²) in [5.41, 5.74) is 0.708. The molecule has 0 radical (unpaired) electrons. The smallest absolute Gasteiger partial charge is 0.359 e. The van der Waals surface area contributed by atoms with Crippen LogP contribution in [0.25, 0.3) is 10.9 Å². The Morgan fingerprint density at radius 1 is 1.17 bits per heavy atom. The third-order valence-corrected chi connectivity index (χ3v) is 5.59. The monoisotopic (exact) mass is 401 g/mol. The largest absolute Gasteiger partial charge is 0.404 e. The van der Waals surface area contributed by atoms with Crippen LogP contribution in [-0.2, 0) is 11.3 Å². The fraction of sp³-hybridized carbons (Fsp3) is 0.318. The highest BCUT2D eigenvalue weighted by atomic mass is 19.4. The summed E-state index contributed by atoms with van der Waals surface area (Å²) in [4.78, 5) is 17.7. The van der Waals surface area contributed by atoms with E-state index < -0.39 is 17.5 Å². The van der Waals surface area contributed by atoms with E-state index in [4.69, 9.17) is 0 Å². The molecular weight excluding hydrogens is 379 g/mol. The summed E-state index contributed by atoms with van der Waals surface area (Å²) < 4.78 is 42.1. The number of nitrogens with zero attached hydrogens (tertiary/aromatic N) is 1. The van der Waals surface area contributed by atoms with Gasteiger partial charge in [0.05, 0.1) is 0 Å². The zero-order valence-electron chi connectivity index (χ0n) is 16.0. The van der Waals surface area contributed by atoms with Crippen molar-refractivity contribution in [3.05, 3.63) is 65.9 Å². The molecule has 1 aromatic heterocycles. The molecule has 4 nitrogen and oxygen atoms in total. The Bertz CT molecular complexity index is 1030. The van der Waals surface area contributed by atoms with Crippen molar-refractivity contribution in [2.24, 2.45) is 5.41 Å². The molecule has 1 saturated heterocycles. The standard InChI is InChI=1S/C22H22F3N3O/c1-15-11-17-12-18(7-8-19(17)26-15)27-20(29)21(22(23,24)25)9-10-28(14-21)13-16-5-3-2-4-6-16/h2-8,11-12,26H,9-10,13-14H2,1H3,(H,27,29)/t21-/m0/s1. The summed E-state index contributed by atoms with van der Waals surface area (Å²) in [7, 11) is 0. The molecule has 1 atom stereocenters. The molecule has 4 rings (SSSR count). The third-order valence-electron chi connectivity index (χ3n) is 5.59. The number of fused-ring (bicyclic) bond motifs is 1. The van der Waals surface area contributed by atoms with E-state index in [0.29, 0.717) is 12.2 Å². The average Bonchev–Trinajstić information content (AvgIpc) is 3.25. The number of hydrogen-bond acceptors (Lipinski definition) is 2. The average molecular weight is 401 g/mol. The van der Waals surface area contributed by atoms with Gasteiger partial charge in [0.2, 0.25) is 5.91 Å². The highest BCUT2D eigenvalue weighted by Gasteiger charge is 2.62. The van der Waals surface area contributed by atoms with Gasteiger partial charge in [-0.3, -0.25) is 9.69 Å². The minimum Gasteiger partial charge on any atom is -0.359 e. The van der Waals surface area contributed by atoms with E-state index >= 15 is 0 Å². The number of anilines is 1. The molecule has 1 amide bonds. The first-order valence-corrected chi connectivity index (χ1v) is 9.51. The van der Waals surface area contributed by atoms with Gasteiger partial charge in [0.1, 0.15) is 0 Å². The molecule has 2 aromatic carbocycles. The number of alkyl halides is 3. The van der Waals surface area contributed by atoms with Gasteiger partial charge >= 0.3 is 6.18 Å². The Morgan fingerprint density at radius 2 is 1.93 bits per heavy atom. The summed E-state index contributed by atoms with van der Waals surface area (Å²) in [5.74, 6) is -0.993. The molecule has 152 valence electrons. The third kappa shape index (κ3) is 3.74. The van der Waals surface area contributed by atoms with Crippen molar-refractivity contribution in [3.63, 3.8) is 0 Å². The Balaban J connectivity index is 1.55. The fourth-order valence-electron chi connectivity index (χ4n) is 4.02. The Morgan fingerprint density at radius 3 is 2.66 bits per heavy atom. The van der Waals surface area contributed by atoms with Gasteiger partial charge in [-0.25, -0.2) is 0 Å². The highest BCUT2D eigenvalue weighted by Crippen LogP contribution is 2.46. The molecule has 1 fully saturated rings. The van der Waals surface area contributed by atoms with Crippen molar-refractivity contribution in [1.82, 2.24) is 9.88 Å². The number of amides is 1. The molecule has 2 N–H and O–H groups in total. The summed E-state index contributed by atoms with van der Waals surface area (Å²) in [5, 5.41) is 3.36. The van der Waals surface area contributed by atoms with Crippen molar-refractivity contribution in [1.29, 1.82) is 0 Å². The molecule has 0 aliphatic carbocycles. The van der Waals surface area contributed by atoms with Crippen LogP contribution < -0.4 is 5.32 Å². The van der Waals surface area contributed by atoms with Crippen LogP contribution >= 0.6 is 0 Å². The molecule has 7 heteroatoms. The number of nitrogens with one attached hydrogen (secondary N) is 2. The fourth-order valence-corrected chi connectivity index (χ4v) is 4.02. The number of carbonyl (C=O) groups excluding carboxylic acids is 1. The summed E-state index contributed by atoms with van der Waals surface area (Å²) in [6.07, 6.45) is -4.88. The number of aromatic amines is 1. The zero-order valence-corrected chi connectivity index (χ0v) is 16.0. The van der Waals surface area contributed by atoms with Crippen molar-refractivity contribution in [3.8, 4) is 0 Å². The number of H-pyrrole nitrogens is 1. The van der Waals surface area contributed by atoms with Crippen molar-refractivity contribution >= 4 is 22.5 Å². The van der Waals surface area contributed by atoms with Crippen molar-refractivity contribution < 1.29 is 18.0 Å². The van der Waals surface area contributed by atoms with Crippen molar-refractivity contribution in [2.45, 2.75) is 26.1 Å². The minimum absolute atomic E-state index is 0.220. The number of likely N-dealkylation sites (tertiary alicyclic amines) is 1. The summed E-state index contributed by atoms with van der Waals surface area (Å²) in [6.45, 7) is 2.16. The van der Waals surface area contributed by atoms with Crippen molar-refractivity contribution in [2.75, 3.05) is 18.4 Å². The molecular formula is C22H22F3N3O. The van der Waals surface area contributed by atoms with Crippen LogP contribution in [0.3, 0.4) is 0 Å². The number of aryl methyl sites for hydroxylation is 1. The molecule has 0 unspecified atom stereocenters. The number of hydrogen-bond donors (Lipinski definition) is 2. The van der Waals surface area contributed by atoms with E-state index in [1.165, 1.54) is 0 Å². The van der Waals surface area contributed by atoms with E-state index in [1.54, 1.807) is 23.1 Å². The predicted molar refractivity (Wildman–Crippen MR) is 106 cm³/mol. The number of carbonyl (C=O) groups is 1. The van der Waals surface area contributed by atoms with Gasteiger partial charge in [-0.05, 0) is 49.7 Å². The van der Waals surface area contributed by atoms with Gasteiger partial charge in [-0.1, -0.05) is 30.3 Å². The van der Waals surface area contributed by atoms with E-state index in [0.717, 1.165) is 22.2 Å². The highest BCUT2D eigenvalue weighted by molar-refractivity contribution is 5.98. The number of halogens is 3. The summed E-state index contributed by atoms with van der Waals surface area (Å²) in [6, 6.07) is 16.3. The number of benzene rings is 2. The van der Waals surface area contributed by atoms with Gasteiger partial charge in [-0.15, -0.1) is 0 Å². The maximum Gasteiger partial charge on any atom is 0.404 e. The number of aromatic nitrogens is 1. The summed E-state index contributed by atoms with van der Waals surface area (Å²) >= 11 is 0. The van der Waals surface area contributed by atoms with E-state index in [-0.39, 0.29) is 19.5 Å². The lowest BCUT2D eigenvalue weighted by Gasteiger charge is -2.30. The Hall–Kier alpha value is -2.80. The molecule has 0 bridgehead atoms.